The van der Waals surface area contributed by atoms with Crippen LogP contribution in [0.15, 0.2) is 29.2 Å². The van der Waals surface area contributed by atoms with Crippen molar-refractivity contribution in [2.24, 2.45) is 0 Å². The van der Waals surface area contributed by atoms with Crippen molar-refractivity contribution in [2.75, 3.05) is 26.7 Å². The third kappa shape index (κ3) is 3.68. The molecule has 124 valence electrons. The Morgan fingerprint density at radius 1 is 1.41 bits per heavy atom. The largest absolute Gasteiger partial charge is 0.497 e. The molecule has 1 atom stereocenters. The Bertz CT molecular complexity index is 608. The fourth-order valence-corrected chi connectivity index (χ4v) is 3.74. The SMILES string of the molecule is COc1ccc(S(=O)(=O)N2CCNCC2C(=O)NO)cc1.Cl. The number of halogens is 1. The highest BCUT2D eigenvalue weighted by Crippen LogP contribution is 2.22. The molecular weight excluding hydrogens is 334 g/mol. The maximum absolute atomic E-state index is 12.6. The van der Waals surface area contributed by atoms with Gasteiger partial charge in [0.15, 0.2) is 0 Å². The van der Waals surface area contributed by atoms with Gasteiger partial charge in [-0.2, -0.15) is 4.31 Å². The molecule has 1 aliphatic rings. The van der Waals surface area contributed by atoms with Crippen LogP contribution in [0.5, 0.6) is 5.75 Å². The highest BCUT2D eigenvalue weighted by Gasteiger charge is 2.37. The summed E-state index contributed by atoms with van der Waals surface area (Å²) in [5, 5.41) is 11.7. The van der Waals surface area contributed by atoms with E-state index >= 15 is 0 Å². The molecule has 1 saturated heterocycles. The number of amides is 1. The van der Waals surface area contributed by atoms with Crippen LogP contribution in [-0.2, 0) is 14.8 Å². The van der Waals surface area contributed by atoms with Crippen molar-refractivity contribution in [3.05, 3.63) is 24.3 Å². The fourth-order valence-electron chi connectivity index (χ4n) is 2.15. The molecule has 1 amide bonds. The van der Waals surface area contributed by atoms with E-state index in [1.807, 2.05) is 0 Å². The van der Waals surface area contributed by atoms with Gasteiger partial charge in [-0.05, 0) is 24.3 Å². The number of nitrogens with one attached hydrogen (secondary N) is 2. The highest BCUT2D eigenvalue weighted by atomic mass is 35.5. The van der Waals surface area contributed by atoms with Gasteiger partial charge in [-0.1, -0.05) is 0 Å². The smallest absolute Gasteiger partial charge is 0.263 e. The predicted molar refractivity (Wildman–Crippen MR) is 80.7 cm³/mol. The van der Waals surface area contributed by atoms with E-state index in [9.17, 15) is 13.2 Å². The summed E-state index contributed by atoms with van der Waals surface area (Å²) in [6.45, 7) is 0.721. The Hall–Kier alpha value is -1.39. The number of ether oxygens (including phenoxy) is 1. The van der Waals surface area contributed by atoms with Gasteiger partial charge in [-0.15, -0.1) is 12.4 Å². The summed E-state index contributed by atoms with van der Waals surface area (Å²) in [6.07, 6.45) is 0. The van der Waals surface area contributed by atoms with Gasteiger partial charge >= 0.3 is 0 Å². The summed E-state index contributed by atoms with van der Waals surface area (Å²) in [5.41, 5.74) is 1.50. The summed E-state index contributed by atoms with van der Waals surface area (Å²) in [7, 11) is -2.34. The Morgan fingerprint density at radius 3 is 2.59 bits per heavy atom. The normalized spacial score (nSPS) is 19.1. The lowest BCUT2D eigenvalue weighted by Gasteiger charge is -2.33. The number of benzene rings is 1. The van der Waals surface area contributed by atoms with E-state index in [-0.39, 0.29) is 30.4 Å². The third-order valence-corrected chi connectivity index (χ3v) is 5.20. The zero-order valence-corrected chi connectivity index (χ0v) is 13.5. The molecule has 2 rings (SSSR count). The first-order chi connectivity index (χ1) is 10.0. The van der Waals surface area contributed by atoms with E-state index in [2.05, 4.69) is 5.32 Å². The van der Waals surface area contributed by atoms with E-state index in [1.54, 1.807) is 0 Å². The van der Waals surface area contributed by atoms with E-state index in [0.29, 0.717) is 12.3 Å². The summed E-state index contributed by atoms with van der Waals surface area (Å²) < 4.78 is 31.3. The van der Waals surface area contributed by atoms with Gasteiger partial charge in [-0.25, -0.2) is 13.9 Å². The van der Waals surface area contributed by atoms with Crippen LogP contribution >= 0.6 is 12.4 Å². The van der Waals surface area contributed by atoms with Crippen LogP contribution in [0.4, 0.5) is 0 Å². The van der Waals surface area contributed by atoms with E-state index in [1.165, 1.54) is 36.9 Å². The van der Waals surface area contributed by atoms with Crippen molar-refractivity contribution in [2.45, 2.75) is 10.9 Å². The molecule has 0 aromatic heterocycles. The molecule has 0 radical (unpaired) electrons. The molecule has 0 spiro atoms. The number of carbonyl (C=O) groups is 1. The molecule has 1 fully saturated rings. The number of piperazine rings is 1. The van der Waals surface area contributed by atoms with Crippen molar-refractivity contribution in [3.63, 3.8) is 0 Å². The lowest BCUT2D eigenvalue weighted by atomic mass is 10.2. The number of hydrogen-bond donors (Lipinski definition) is 3. The molecule has 1 aliphatic heterocycles. The number of nitrogens with zero attached hydrogens (tertiary/aromatic N) is 1. The molecule has 0 bridgehead atoms. The van der Waals surface area contributed by atoms with Crippen LogP contribution in [-0.4, -0.2) is 56.6 Å². The number of carbonyl (C=O) groups excluding carboxylic acids is 1. The first kappa shape index (κ1) is 18.7. The van der Waals surface area contributed by atoms with Crippen molar-refractivity contribution in [1.29, 1.82) is 0 Å². The minimum absolute atomic E-state index is 0. The first-order valence-electron chi connectivity index (χ1n) is 6.31. The molecule has 0 aliphatic carbocycles. The molecule has 8 nitrogen and oxygen atoms in total. The van der Waals surface area contributed by atoms with Crippen molar-refractivity contribution in [1.82, 2.24) is 15.1 Å². The minimum atomic E-state index is -3.83. The second kappa shape index (κ2) is 7.75. The molecule has 1 unspecified atom stereocenters. The van der Waals surface area contributed by atoms with Crippen LogP contribution in [0.1, 0.15) is 0 Å². The number of rotatable bonds is 4. The van der Waals surface area contributed by atoms with Gasteiger partial charge in [0, 0.05) is 19.6 Å². The highest BCUT2D eigenvalue weighted by molar-refractivity contribution is 7.89. The maximum atomic E-state index is 12.6. The average Bonchev–Trinajstić information content (AvgIpc) is 2.54. The number of methoxy groups -OCH3 is 1. The summed E-state index contributed by atoms with van der Waals surface area (Å²) in [6, 6.07) is 4.93. The molecule has 0 saturated carbocycles. The molecule has 1 aromatic rings. The van der Waals surface area contributed by atoms with E-state index in [4.69, 9.17) is 9.94 Å². The van der Waals surface area contributed by atoms with Gasteiger partial charge in [-0.3, -0.25) is 10.0 Å². The molecular formula is C12H18ClN3O5S. The Balaban J connectivity index is 0.00000242. The average molecular weight is 352 g/mol. The Kier molecular flexibility index (Phi) is 6.57. The molecule has 1 heterocycles. The standard InChI is InChI=1S/C12H17N3O5S.ClH/c1-20-9-2-4-10(5-3-9)21(18,19)15-7-6-13-8-11(15)12(16)14-17;/h2-5,11,13,17H,6-8H2,1H3,(H,14,16);1H. The quantitative estimate of drug-likeness (QED) is 0.502. The maximum Gasteiger partial charge on any atom is 0.263 e. The van der Waals surface area contributed by atoms with Crippen molar-refractivity contribution in [3.8, 4) is 5.75 Å². The second-order valence-electron chi connectivity index (χ2n) is 4.49. The van der Waals surface area contributed by atoms with Gasteiger partial charge in [0.1, 0.15) is 11.8 Å². The van der Waals surface area contributed by atoms with Crippen LogP contribution in [0.3, 0.4) is 0 Å². The van der Waals surface area contributed by atoms with Gasteiger partial charge in [0.25, 0.3) is 5.91 Å². The van der Waals surface area contributed by atoms with Gasteiger partial charge < -0.3 is 10.1 Å². The lowest BCUT2D eigenvalue weighted by molar-refractivity contribution is -0.133. The van der Waals surface area contributed by atoms with Gasteiger partial charge in [0.2, 0.25) is 10.0 Å². The van der Waals surface area contributed by atoms with Crippen LogP contribution in [0, 0.1) is 0 Å². The Labute approximate surface area is 134 Å². The van der Waals surface area contributed by atoms with E-state index < -0.39 is 22.0 Å². The predicted octanol–water partition coefficient (Wildman–Crippen LogP) is -0.415. The molecule has 10 heteroatoms. The summed E-state index contributed by atoms with van der Waals surface area (Å²) in [4.78, 5) is 11.7. The van der Waals surface area contributed by atoms with Crippen molar-refractivity contribution >= 4 is 28.3 Å². The zero-order valence-electron chi connectivity index (χ0n) is 11.9. The topological polar surface area (TPSA) is 108 Å². The fraction of sp³-hybridized carbons (Fsp3) is 0.417. The van der Waals surface area contributed by atoms with Crippen LogP contribution in [0.2, 0.25) is 0 Å². The van der Waals surface area contributed by atoms with Crippen molar-refractivity contribution < 1.29 is 23.2 Å². The molecule has 22 heavy (non-hydrogen) atoms. The zero-order chi connectivity index (χ0) is 15.5. The summed E-state index contributed by atoms with van der Waals surface area (Å²) in [5.74, 6) is -0.224. The van der Waals surface area contributed by atoms with Gasteiger partial charge in [0.05, 0.1) is 12.0 Å². The number of hydrogen-bond acceptors (Lipinski definition) is 6. The lowest BCUT2D eigenvalue weighted by Crippen LogP contribution is -2.59. The summed E-state index contributed by atoms with van der Waals surface area (Å²) >= 11 is 0. The first-order valence-corrected chi connectivity index (χ1v) is 7.75. The number of sulfonamides is 1. The third-order valence-electron chi connectivity index (χ3n) is 3.27. The minimum Gasteiger partial charge on any atom is -0.497 e. The number of hydroxylamine groups is 1. The second-order valence-corrected chi connectivity index (χ2v) is 6.38. The monoisotopic (exact) mass is 351 g/mol. The van der Waals surface area contributed by atoms with Crippen LogP contribution < -0.4 is 15.5 Å². The molecule has 1 aromatic carbocycles. The van der Waals surface area contributed by atoms with E-state index in [0.717, 1.165) is 4.31 Å². The Morgan fingerprint density at radius 2 is 2.05 bits per heavy atom. The molecule has 3 N–H and O–H groups in total. The van der Waals surface area contributed by atoms with Crippen LogP contribution in [0.25, 0.3) is 0 Å².